The van der Waals surface area contributed by atoms with Crippen molar-refractivity contribution in [2.75, 3.05) is 7.05 Å². The number of likely N-dealkylation sites (N-methyl/N-ethyl adjacent to an activating group) is 1. The average Bonchev–Trinajstić information content (AvgIpc) is 2.39. The zero-order valence-corrected chi connectivity index (χ0v) is 11.8. The molecule has 1 unspecified atom stereocenters. The Morgan fingerprint density at radius 2 is 2.11 bits per heavy atom. The van der Waals surface area contributed by atoms with Gasteiger partial charge < -0.3 is 5.32 Å². The van der Waals surface area contributed by atoms with E-state index in [9.17, 15) is 4.39 Å². The number of hydrogen-bond acceptors (Lipinski definition) is 2. The second-order valence-corrected chi connectivity index (χ2v) is 5.02. The molecule has 2 aromatic rings. The normalized spacial score (nSPS) is 12.4. The first kappa shape index (κ1) is 14.3. The highest BCUT2D eigenvalue weighted by Gasteiger charge is 2.16. The smallest absolute Gasteiger partial charge is 0.129 e. The van der Waals surface area contributed by atoms with Gasteiger partial charge in [-0.2, -0.15) is 0 Å². The van der Waals surface area contributed by atoms with Crippen LogP contribution >= 0.6 is 23.2 Å². The van der Waals surface area contributed by atoms with Gasteiger partial charge in [-0.25, -0.2) is 4.39 Å². The third-order valence-electron chi connectivity index (χ3n) is 2.97. The van der Waals surface area contributed by atoms with E-state index < -0.39 is 0 Å². The Labute approximate surface area is 121 Å². The Hall–Kier alpha value is -1.16. The Morgan fingerprint density at radius 1 is 1.32 bits per heavy atom. The van der Waals surface area contributed by atoms with Gasteiger partial charge in [-0.15, -0.1) is 0 Å². The van der Waals surface area contributed by atoms with Gasteiger partial charge in [0.05, 0.1) is 5.02 Å². The maximum absolute atomic E-state index is 13.9. The number of benzene rings is 1. The first-order valence-electron chi connectivity index (χ1n) is 5.82. The molecule has 1 aromatic heterocycles. The fraction of sp³-hybridized carbons (Fsp3) is 0.214. The molecule has 19 heavy (non-hydrogen) atoms. The molecule has 0 fully saturated rings. The van der Waals surface area contributed by atoms with E-state index in [-0.39, 0.29) is 11.9 Å². The maximum atomic E-state index is 13.9. The fourth-order valence-electron chi connectivity index (χ4n) is 1.94. The van der Waals surface area contributed by atoms with Crippen LogP contribution in [0.15, 0.2) is 36.7 Å². The Morgan fingerprint density at radius 3 is 2.74 bits per heavy atom. The maximum Gasteiger partial charge on any atom is 0.129 e. The van der Waals surface area contributed by atoms with Crippen LogP contribution < -0.4 is 5.32 Å². The molecule has 0 saturated carbocycles. The van der Waals surface area contributed by atoms with E-state index >= 15 is 0 Å². The van der Waals surface area contributed by atoms with E-state index in [1.165, 1.54) is 6.07 Å². The van der Waals surface area contributed by atoms with Crippen molar-refractivity contribution in [3.05, 3.63) is 63.6 Å². The highest BCUT2D eigenvalue weighted by molar-refractivity contribution is 6.31. The van der Waals surface area contributed by atoms with Crippen molar-refractivity contribution < 1.29 is 4.39 Å². The molecule has 1 atom stereocenters. The SMILES string of the molecule is CNC(Cc1ccncc1Cl)c1ccc(Cl)cc1F. The van der Waals surface area contributed by atoms with Crippen LogP contribution in [0, 0.1) is 5.82 Å². The number of halogens is 3. The molecule has 100 valence electrons. The third-order valence-corrected chi connectivity index (χ3v) is 3.54. The van der Waals surface area contributed by atoms with Gasteiger partial charge in [-0.1, -0.05) is 29.3 Å². The topological polar surface area (TPSA) is 24.9 Å². The number of rotatable bonds is 4. The molecule has 1 heterocycles. The Balaban J connectivity index is 2.28. The monoisotopic (exact) mass is 298 g/mol. The van der Waals surface area contributed by atoms with Crippen molar-refractivity contribution in [1.29, 1.82) is 0 Å². The van der Waals surface area contributed by atoms with Gasteiger partial charge in [-0.05, 0) is 37.2 Å². The molecule has 2 rings (SSSR count). The lowest BCUT2D eigenvalue weighted by atomic mass is 9.99. The molecule has 1 N–H and O–H groups in total. The predicted octanol–water partition coefficient (Wildman–Crippen LogP) is 4.03. The zero-order chi connectivity index (χ0) is 13.8. The van der Waals surface area contributed by atoms with Crippen LogP contribution in [0.5, 0.6) is 0 Å². The largest absolute Gasteiger partial charge is 0.313 e. The van der Waals surface area contributed by atoms with Crippen molar-refractivity contribution in [2.45, 2.75) is 12.5 Å². The molecule has 5 heteroatoms. The van der Waals surface area contributed by atoms with Gasteiger partial charge in [0, 0.05) is 29.0 Å². The number of hydrogen-bond donors (Lipinski definition) is 1. The number of nitrogens with zero attached hydrogens (tertiary/aromatic N) is 1. The predicted molar refractivity (Wildman–Crippen MR) is 76.2 cm³/mol. The minimum atomic E-state index is -0.322. The molecule has 0 aliphatic heterocycles. The summed E-state index contributed by atoms with van der Waals surface area (Å²) in [6.07, 6.45) is 3.84. The number of nitrogens with one attached hydrogen (secondary N) is 1. The molecule has 1 aromatic carbocycles. The van der Waals surface area contributed by atoms with Crippen LogP contribution in [0.25, 0.3) is 0 Å². The average molecular weight is 299 g/mol. The van der Waals surface area contributed by atoms with Crippen LogP contribution in [0.2, 0.25) is 10.0 Å². The number of pyridine rings is 1. The van der Waals surface area contributed by atoms with Gasteiger partial charge in [0.25, 0.3) is 0 Å². The first-order chi connectivity index (χ1) is 9.11. The van der Waals surface area contributed by atoms with Crippen molar-refractivity contribution in [3.8, 4) is 0 Å². The van der Waals surface area contributed by atoms with Crippen molar-refractivity contribution >= 4 is 23.2 Å². The molecule has 0 radical (unpaired) electrons. The molecule has 0 bridgehead atoms. The van der Waals surface area contributed by atoms with E-state index in [0.717, 1.165) is 5.56 Å². The van der Waals surface area contributed by atoms with E-state index in [1.54, 1.807) is 31.6 Å². The van der Waals surface area contributed by atoms with E-state index in [0.29, 0.717) is 22.0 Å². The summed E-state index contributed by atoms with van der Waals surface area (Å²) in [5.41, 5.74) is 1.49. The third kappa shape index (κ3) is 3.44. The number of aromatic nitrogens is 1. The van der Waals surface area contributed by atoms with Crippen LogP contribution in [0.4, 0.5) is 4.39 Å². The lowest BCUT2D eigenvalue weighted by Crippen LogP contribution is -2.20. The van der Waals surface area contributed by atoms with Gasteiger partial charge in [0.2, 0.25) is 0 Å². The van der Waals surface area contributed by atoms with Crippen molar-refractivity contribution in [2.24, 2.45) is 0 Å². The fourth-order valence-corrected chi connectivity index (χ4v) is 2.30. The summed E-state index contributed by atoms with van der Waals surface area (Å²) >= 11 is 11.8. The molecule has 2 nitrogen and oxygen atoms in total. The quantitative estimate of drug-likeness (QED) is 0.922. The van der Waals surface area contributed by atoms with Crippen LogP contribution in [-0.2, 0) is 6.42 Å². The first-order valence-corrected chi connectivity index (χ1v) is 6.58. The molecule has 0 saturated heterocycles. The highest BCUT2D eigenvalue weighted by atomic mass is 35.5. The highest BCUT2D eigenvalue weighted by Crippen LogP contribution is 2.26. The summed E-state index contributed by atoms with van der Waals surface area (Å²) < 4.78 is 13.9. The van der Waals surface area contributed by atoms with Crippen LogP contribution in [0.3, 0.4) is 0 Å². The lowest BCUT2D eigenvalue weighted by Gasteiger charge is -2.18. The van der Waals surface area contributed by atoms with E-state index in [1.807, 2.05) is 6.07 Å². The van der Waals surface area contributed by atoms with Gasteiger partial charge in [-0.3, -0.25) is 4.98 Å². The van der Waals surface area contributed by atoms with Crippen molar-refractivity contribution in [3.63, 3.8) is 0 Å². The van der Waals surface area contributed by atoms with Gasteiger partial charge in [0.1, 0.15) is 5.82 Å². The lowest BCUT2D eigenvalue weighted by molar-refractivity contribution is 0.534. The molecular formula is C14H13Cl2FN2. The minimum Gasteiger partial charge on any atom is -0.313 e. The molecule has 0 aliphatic rings. The van der Waals surface area contributed by atoms with Crippen LogP contribution in [-0.4, -0.2) is 12.0 Å². The van der Waals surface area contributed by atoms with Gasteiger partial charge in [0.15, 0.2) is 0 Å². The molecule has 0 spiro atoms. The van der Waals surface area contributed by atoms with Crippen LogP contribution in [0.1, 0.15) is 17.2 Å². The van der Waals surface area contributed by atoms with E-state index in [4.69, 9.17) is 23.2 Å². The Bertz CT molecular complexity index is 575. The zero-order valence-electron chi connectivity index (χ0n) is 10.3. The molecule has 0 amide bonds. The molecular weight excluding hydrogens is 286 g/mol. The second kappa shape index (κ2) is 6.33. The summed E-state index contributed by atoms with van der Waals surface area (Å²) in [6, 6.07) is 6.35. The van der Waals surface area contributed by atoms with Gasteiger partial charge >= 0.3 is 0 Å². The summed E-state index contributed by atoms with van der Waals surface area (Å²) in [5, 5.41) is 4.06. The standard InChI is InChI=1S/C14H13Cl2FN2/c1-18-14(6-9-4-5-19-8-12(9)16)11-3-2-10(15)7-13(11)17/h2-5,7-8,14,18H,6H2,1H3. The summed E-state index contributed by atoms with van der Waals surface area (Å²) in [5.74, 6) is -0.322. The molecule has 0 aliphatic carbocycles. The Kier molecular flexibility index (Phi) is 4.75. The van der Waals surface area contributed by atoms with E-state index in [2.05, 4.69) is 10.3 Å². The summed E-state index contributed by atoms with van der Waals surface area (Å²) in [6.45, 7) is 0. The second-order valence-electron chi connectivity index (χ2n) is 4.18. The van der Waals surface area contributed by atoms with Crippen molar-refractivity contribution in [1.82, 2.24) is 10.3 Å². The summed E-state index contributed by atoms with van der Waals surface area (Å²) in [4.78, 5) is 3.94. The minimum absolute atomic E-state index is 0.169. The summed E-state index contributed by atoms with van der Waals surface area (Å²) in [7, 11) is 1.79.